The Bertz CT molecular complexity index is 933. The van der Waals surface area contributed by atoms with E-state index in [0.29, 0.717) is 28.0 Å². The van der Waals surface area contributed by atoms with Gasteiger partial charge in [0.15, 0.2) is 10.9 Å². The zero-order chi connectivity index (χ0) is 17.8. The van der Waals surface area contributed by atoms with Crippen LogP contribution in [0.5, 0.6) is 0 Å². The molecular formula is C16H11Cl3N4O2. The molecule has 0 atom stereocenters. The molecule has 0 unspecified atom stereocenters. The van der Waals surface area contributed by atoms with Gasteiger partial charge >= 0.3 is 5.91 Å². The Hall–Kier alpha value is -2.28. The third-order valence-electron chi connectivity index (χ3n) is 3.22. The summed E-state index contributed by atoms with van der Waals surface area (Å²) in [5, 5.41) is 4.91. The maximum Gasteiger partial charge on any atom is 0.307 e. The van der Waals surface area contributed by atoms with Crippen LogP contribution in [0.4, 0.5) is 0 Å². The predicted molar refractivity (Wildman–Crippen MR) is 96.6 cm³/mol. The third kappa shape index (κ3) is 4.22. The summed E-state index contributed by atoms with van der Waals surface area (Å²) >= 11 is 17.8. The lowest BCUT2D eigenvalue weighted by Crippen LogP contribution is -2.16. The zero-order valence-corrected chi connectivity index (χ0v) is 14.9. The van der Waals surface area contributed by atoms with E-state index < -0.39 is 5.91 Å². The molecule has 0 aliphatic heterocycles. The number of hydrogen-bond acceptors (Lipinski definition) is 4. The molecule has 1 amide bonds. The maximum atomic E-state index is 12.0. The van der Waals surface area contributed by atoms with E-state index in [1.165, 1.54) is 12.5 Å². The highest BCUT2D eigenvalue weighted by molar-refractivity contribution is 6.40. The van der Waals surface area contributed by atoms with E-state index in [2.05, 4.69) is 15.5 Å². The number of nitrogens with zero attached hydrogens (tertiary/aromatic N) is 3. The van der Waals surface area contributed by atoms with E-state index in [-0.39, 0.29) is 10.9 Å². The first-order valence-electron chi connectivity index (χ1n) is 7.07. The first-order chi connectivity index (χ1) is 12.0. The molecule has 0 spiro atoms. The Kier molecular flexibility index (Phi) is 5.43. The Morgan fingerprint density at radius 1 is 1.24 bits per heavy atom. The Morgan fingerprint density at radius 3 is 2.76 bits per heavy atom. The van der Waals surface area contributed by atoms with Crippen molar-refractivity contribution < 1.29 is 9.21 Å². The van der Waals surface area contributed by atoms with E-state index in [9.17, 15) is 4.79 Å². The number of furan rings is 1. The van der Waals surface area contributed by atoms with Gasteiger partial charge in [-0.25, -0.2) is 10.4 Å². The van der Waals surface area contributed by atoms with Gasteiger partial charge < -0.3 is 8.98 Å². The van der Waals surface area contributed by atoms with Crippen LogP contribution in [0, 0.1) is 0 Å². The normalized spacial score (nSPS) is 11.2. The lowest BCUT2D eigenvalue weighted by atomic mass is 10.2. The van der Waals surface area contributed by atoms with Crippen molar-refractivity contribution in [2.45, 2.75) is 6.54 Å². The van der Waals surface area contributed by atoms with Crippen molar-refractivity contribution in [2.75, 3.05) is 0 Å². The van der Waals surface area contributed by atoms with Gasteiger partial charge in [-0.05, 0) is 18.2 Å². The molecule has 0 fully saturated rings. The van der Waals surface area contributed by atoms with Gasteiger partial charge in [-0.15, -0.1) is 0 Å². The summed E-state index contributed by atoms with van der Waals surface area (Å²) in [7, 11) is 0. The molecule has 9 heteroatoms. The molecule has 6 nitrogen and oxygen atoms in total. The molecule has 2 aromatic heterocycles. The van der Waals surface area contributed by atoms with Gasteiger partial charge in [0.05, 0.1) is 19.1 Å². The van der Waals surface area contributed by atoms with Crippen molar-refractivity contribution in [1.29, 1.82) is 0 Å². The van der Waals surface area contributed by atoms with E-state index >= 15 is 0 Å². The number of halogens is 3. The van der Waals surface area contributed by atoms with E-state index in [1.807, 2.05) is 12.1 Å². The van der Waals surface area contributed by atoms with Crippen LogP contribution in [-0.4, -0.2) is 21.7 Å². The number of amides is 1. The standard InChI is InChI=1S/C16H11Cl3N4O2/c17-12-4-2-1-3-10(12)7-21-22-16(24)13-6-5-11(25-13)8-23-9-20-14(18)15(23)19/h1-7,9H,8H2,(H,22,24)/b21-7+. The van der Waals surface area contributed by atoms with Crippen LogP contribution in [-0.2, 0) is 6.54 Å². The van der Waals surface area contributed by atoms with Crippen LogP contribution < -0.4 is 5.43 Å². The lowest BCUT2D eigenvalue weighted by molar-refractivity contribution is 0.0925. The summed E-state index contributed by atoms with van der Waals surface area (Å²) in [6.45, 7) is 0.300. The average Bonchev–Trinajstić information content (AvgIpc) is 3.19. The van der Waals surface area contributed by atoms with Crippen LogP contribution in [0.1, 0.15) is 21.9 Å². The highest BCUT2D eigenvalue weighted by atomic mass is 35.5. The summed E-state index contributed by atoms with van der Waals surface area (Å²) in [6.07, 6.45) is 2.94. The molecule has 3 rings (SSSR count). The fourth-order valence-corrected chi connectivity index (χ4v) is 2.49. The molecule has 0 bridgehead atoms. The highest BCUT2D eigenvalue weighted by Crippen LogP contribution is 2.21. The smallest absolute Gasteiger partial charge is 0.307 e. The molecule has 0 radical (unpaired) electrons. The molecule has 0 aliphatic rings. The van der Waals surface area contributed by atoms with Crippen molar-refractivity contribution in [3.63, 3.8) is 0 Å². The third-order valence-corrected chi connectivity index (χ3v) is 4.33. The van der Waals surface area contributed by atoms with Crippen LogP contribution in [0.15, 0.2) is 52.2 Å². The molecule has 25 heavy (non-hydrogen) atoms. The minimum atomic E-state index is -0.482. The fraction of sp³-hybridized carbons (Fsp3) is 0.0625. The largest absolute Gasteiger partial charge is 0.454 e. The molecule has 128 valence electrons. The number of hydrogen-bond donors (Lipinski definition) is 1. The molecular weight excluding hydrogens is 387 g/mol. The summed E-state index contributed by atoms with van der Waals surface area (Å²) in [6, 6.07) is 10.3. The van der Waals surface area contributed by atoms with Gasteiger partial charge in [0.2, 0.25) is 0 Å². The van der Waals surface area contributed by atoms with Gasteiger partial charge in [0, 0.05) is 10.6 Å². The Labute approximate surface area is 158 Å². The molecule has 0 saturated carbocycles. The second-order valence-electron chi connectivity index (χ2n) is 4.94. The molecule has 1 N–H and O–H groups in total. The number of imidazole rings is 1. The van der Waals surface area contributed by atoms with Gasteiger partial charge in [0.25, 0.3) is 0 Å². The van der Waals surface area contributed by atoms with Crippen LogP contribution in [0.2, 0.25) is 15.3 Å². The van der Waals surface area contributed by atoms with Gasteiger partial charge in [-0.2, -0.15) is 5.10 Å². The summed E-state index contributed by atoms with van der Waals surface area (Å²) in [5.74, 6) is 0.161. The first-order valence-corrected chi connectivity index (χ1v) is 8.21. The second kappa shape index (κ2) is 7.74. The average molecular weight is 398 g/mol. The molecule has 1 aromatic carbocycles. The lowest BCUT2D eigenvalue weighted by Gasteiger charge is -2.01. The minimum absolute atomic E-state index is 0.119. The quantitative estimate of drug-likeness (QED) is 0.517. The monoisotopic (exact) mass is 396 g/mol. The summed E-state index contributed by atoms with van der Waals surface area (Å²) in [4.78, 5) is 15.9. The number of hydrazone groups is 1. The van der Waals surface area contributed by atoms with E-state index in [0.717, 1.165) is 0 Å². The zero-order valence-electron chi connectivity index (χ0n) is 12.6. The maximum absolute atomic E-state index is 12.0. The second-order valence-corrected chi connectivity index (χ2v) is 6.06. The van der Waals surface area contributed by atoms with Gasteiger partial charge in [-0.1, -0.05) is 53.0 Å². The number of carbonyl (C=O) groups is 1. The van der Waals surface area contributed by atoms with Gasteiger partial charge in [-0.3, -0.25) is 4.79 Å². The van der Waals surface area contributed by atoms with Crippen molar-refractivity contribution in [3.05, 3.63) is 75.1 Å². The highest BCUT2D eigenvalue weighted by Gasteiger charge is 2.13. The minimum Gasteiger partial charge on any atom is -0.454 e. The number of nitrogens with one attached hydrogen (secondary N) is 1. The molecule has 3 aromatic rings. The number of carbonyl (C=O) groups excluding carboxylic acids is 1. The van der Waals surface area contributed by atoms with E-state index in [1.54, 1.807) is 28.8 Å². The SMILES string of the molecule is O=C(N/N=C/c1ccccc1Cl)c1ccc(Cn2cnc(Cl)c2Cl)o1. The van der Waals surface area contributed by atoms with Crippen LogP contribution in [0.3, 0.4) is 0 Å². The summed E-state index contributed by atoms with van der Waals surface area (Å²) < 4.78 is 7.07. The van der Waals surface area contributed by atoms with Crippen molar-refractivity contribution >= 4 is 46.9 Å². The molecule has 0 saturated heterocycles. The van der Waals surface area contributed by atoms with Crippen LogP contribution in [0.25, 0.3) is 0 Å². The Morgan fingerprint density at radius 2 is 2.04 bits per heavy atom. The van der Waals surface area contributed by atoms with Crippen molar-refractivity contribution in [2.24, 2.45) is 5.10 Å². The molecule has 0 aliphatic carbocycles. The topological polar surface area (TPSA) is 72.4 Å². The number of rotatable bonds is 5. The van der Waals surface area contributed by atoms with Gasteiger partial charge in [0.1, 0.15) is 10.9 Å². The van der Waals surface area contributed by atoms with Crippen LogP contribution >= 0.6 is 34.8 Å². The number of benzene rings is 1. The predicted octanol–water partition coefficient (Wildman–Crippen LogP) is 4.25. The van der Waals surface area contributed by atoms with E-state index in [4.69, 9.17) is 39.2 Å². The van der Waals surface area contributed by atoms with Crippen molar-refractivity contribution in [3.8, 4) is 0 Å². The number of aromatic nitrogens is 2. The summed E-state index contributed by atoms with van der Waals surface area (Å²) in [5.41, 5.74) is 3.07. The Balaban J connectivity index is 1.63. The molecule has 2 heterocycles. The first kappa shape index (κ1) is 17.5. The fourth-order valence-electron chi connectivity index (χ4n) is 2.00. The van der Waals surface area contributed by atoms with Crippen molar-refractivity contribution in [1.82, 2.24) is 15.0 Å².